The van der Waals surface area contributed by atoms with Crippen LogP contribution in [0.1, 0.15) is 15.9 Å². The molecule has 1 nitrogen and oxygen atoms in total. The summed E-state index contributed by atoms with van der Waals surface area (Å²) in [5, 5.41) is 0. The van der Waals surface area contributed by atoms with Gasteiger partial charge in [-0.25, -0.2) is 4.39 Å². The lowest BCUT2D eigenvalue weighted by Crippen LogP contribution is -2.04. The maximum atomic E-state index is 12.9. The fourth-order valence-electron chi connectivity index (χ4n) is 1.68. The van der Waals surface area contributed by atoms with E-state index in [0.717, 1.165) is 4.90 Å². The van der Waals surface area contributed by atoms with E-state index in [1.165, 1.54) is 23.9 Å². The molecule has 0 spiro atoms. The Bertz CT molecular complexity index is 552. The molecule has 0 atom stereocenters. The van der Waals surface area contributed by atoms with E-state index in [2.05, 4.69) is 0 Å². The number of aryl methyl sites for hydroxylation is 1. The highest BCUT2D eigenvalue weighted by Crippen LogP contribution is 2.20. The van der Waals surface area contributed by atoms with Gasteiger partial charge >= 0.3 is 0 Å². The molecule has 0 N–H and O–H groups in total. The minimum absolute atomic E-state index is 0.0290. The van der Waals surface area contributed by atoms with Gasteiger partial charge in [-0.3, -0.25) is 4.79 Å². The second-order valence-electron chi connectivity index (χ2n) is 3.98. The minimum Gasteiger partial charge on any atom is -0.293 e. The van der Waals surface area contributed by atoms with Crippen LogP contribution in [-0.2, 0) is 0 Å². The summed E-state index contributed by atoms with van der Waals surface area (Å²) in [6, 6.07) is 14.0. The molecule has 0 aliphatic rings. The molecule has 0 bridgehead atoms. The van der Waals surface area contributed by atoms with Gasteiger partial charge in [0.1, 0.15) is 5.82 Å². The average Bonchev–Trinajstić information content (AvgIpc) is 2.37. The highest BCUT2D eigenvalue weighted by Gasteiger charge is 2.10. The molecule has 2 rings (SSSR count). The molecule has 92 valence electrons. The van der Waals surface area contributed by atoms with Crippen LogP contribution >= 0.6 is 11.8 Å². The van der Waals surface area contributed by atoms with Crippen molar-refractivity contribution >= 4 is 17.5 Å². The number of thioether (sulfide) groups is 1. The van der Waals surface area contributed by atoms with Crippen molar-refractivity contribution in [3.8, 4) is 0 Å². The van der Waals surface area contributed by atoms with Gasteiger partial charge in [-0.1, -0.05) is 18.2 Å². The number of rotatable bonds is 4. The number of carbonyl (C=O) groups excluding carboxylic acids is 1. The summed E-state index contributed by atoms with van der Waals surface area (Å²) in [5.74, 6) is 0.0948. The second-order valence-corrected chi connectivity index (χ2v) is 5.03. The van der Waals surface area contributed by atoms with Gasteiger partial charge in [-0.15, -0.1) is 11.8 Å². The summed E-state index contributed by atoms with van der Waals surface area (Å²) < 4.78 is 12.9. The largest absolute Gasteiger partial charge is 0.293 e. The number of benzene rings is 2. The highest BCUT2D eigenvalue weighted by molar-refractivity contribution is 8.00. The van der Waals surface area contributed by atoms with E-state index in [1.54, 1.807) is 13.0 Å². The molecule has 2 aromatic rings. The van der Waals surface area contributed by atoms with Gasteiger partial charge < -0.3 is 0 Å². The van der Waals surface area contributed by atoms with Crippen molar-refractivity contribution in [1.29, 1.82) is 0 Å². The molecule has 0 unspecified atom stereocenters. The molecule has 0 amide bonds. The molecule has 0 aliphatic heterocycles. The van der Waals surface area contributed by atoms with Crippen LogP contribution in [0.5, 0.6) is 0 Å². The molecule has 0 aromatic heterocycles. The lowest BCUT2D eigenvalue weighted by molar-refractivity contribution is 0.102. The smallest absolute Gasteiger partial charge is 0.173 e. The first kappa shape index (κ1) is 12.8. The number of halogens is 1. The summed E-state index contributed by atoms with van der Waals surface area (Å²) >= 11 is 1.49. The Balaban J connectivity index is 2.04. The Morgan fingerprint density at radius 3 is 2.56 bits per heavy atom. The first-order chi connectivity index (χ1) is 8.66. The van der Waals surface area contributed by atoms with Gasteiger partial charge in [0.2, 0.25) is 0 Å². The van der Waals surface area contributed by atoms with E-state index in [-0.39, 0.29) is 11.6 Å². The van der Waals surface area contributed by atoms with Crippen molar-refractivity contribution in [2.45, 2.75) is 11.8 Å². The van der Waals surface area contributed by atoms with E-state index in [4.69, 9.17) is 0 Å². The molecule has 0 heterocycles. The van der Waals surface area contributed by atoms with Crippen LogP contribution in [0.2, 0.25) is 0 Å². The van der Waals surface area contributed by atoms with Crippen LogP contribution in [0.15, 0.2) is 53.4 Å². The molecule has 18 heavy (non-hydrogen) atoms. The monoisotopic (exact) mass is 260 g/mol. The summed E-state index contributed by atoms with van der Waals surface area (Å²) in [5.41, 5.74) is 1.29. The molecule has 0 radical (unpaired) electrons. The van der Waals surface area contributed by atoms with Crippen molar-refractivity contribution in [3.05, 3.63) is 65.5 Å². The molecule has 3 heteroatoms. The average molecular weight is 260 g/mol. The van der Waals surface area contributed by atoms with Crippen molar-refractivity contribution in [2.24, 2.45) is 0 Å². The predicted molar refractivity (Wildman–Crippen MR) is 72.6 cm³/mol. The van der Waals surface area contributed by atoms with Crippen LogP contribution in [0.3, 0.4) is 0 Å². The minimum atomic E-state index is -0.306. The number of Topliss-reactive ketones (excluding diaryl/α,β-unsaturated/α-hetero) is 1. The third kappa shape index (κ3) is 3.20. The third-order valence-corrected chi connectivity index (χ3v) is 3.61. The maximum Gasteiger partial charge on any atom is 0.173 e. The second kappa shape index (κ2) is 5.83. The molecular weight excluding hydrogens is 247 g/mol. The van der Waals surface area contributed by atoms with Crippen molar-refractivity contribution in [3.63, 3.8) is 0 Å². The van der Waals surface area contributed by atoms with Crippen molar-refractivity contribution in [2.75, 3.05) is 5.75 Å². The summed E-state index contributed by atoms with van der Waals surface area (Å²) in [7, 11) is 0. The predicted octanol–water partition coefficient (Wildman–Crippen LogP) is 4.11. The fraction of sp³-hybridized carbons (Fsp3) is 0.133. The normalized spacial score (nSPS) is 10.3. The zero-order chi connectivity index (χ0) is 13.0. The first-order valence-corrected chi connectivity index (χ1v) is 6.62. The van der Waals surface area contributed by atoms with Gasteiger partial charge in [-0.2, -0.15) is 0 Å². The van der Waals surface area contributed by atoms with Crippen LogP contribution in [0.4, 0.5) is 4.39 Å². The van der Waals surface area contributed by atoms with Crippen LogP contribution in [0, 0.1) is 12.7 Å². The number of hydrogen-bond acceptors (Lipinski definition) is 2. The van der Waals surface area contributed by atoms with Gasteiger partial charge in [0.15, 0.2) is 5.78 Å². The zero-order valence-corrected chi connectivity index (χ0v) is 10.8. The van der Waals surface area contributed by atoms with Crippen molar-refractivity contribution in [1.82, 2.24) is 0 Å². The van der Waals surface area contributed by atoms with Gasteiger partial charge in [0.25, 0.3) is 0 Å². The molecule has 2 aromatic carbocycles. The Kier molecular flexibility index (Phi) is 4.15. The fourth-order valence-corrected chi connectivity index (χ4v) is 2.49. The van der Waals surface area contributed by atoms with E-state index < -0.39 is 0 Å². The maximum absolute atomic E-state index is 12.9. The zero-order valence-electron chi connectivity index (χ0n) is 10.0. The van der Waals surface area contributed by atoms with E-state index in [1.807, 2.05) is 30.3 Å². The van der Waals surface area contributed by atoms with Crippen LogP contribution in [0.25, 0.3) is 0 Å². The standard InChI is InChI=1S/C15H13FOS/c1-11-9-12(16)7-8-14(11)15(17)10-18-13-5-3-2-4-6-13/h2-9H,10H2,1H3. The molecule has 0 aliphatic carbocycles. The lowest BCUT2D eigenvalue weighted by atomic mass is 10.1. The summed E-state index contributed by atoms with van der Waals surface area (Å²) in [6.07, 6.45) is 0. The van der Waals surface area contributed by atoms with Gasteiger partial charge in [0.05, 0.1) is 5.75 Å². The Labute approximate surface area is 110 Å². The summed E-state index contributed by atoms with van der Waals surface area (Å²) in [6.45, 7) is 1.75. The summed E-state index contributed by atoms with van der Waals surface area (Å²) in [4.78, 5) is 13.1. The van der Waals surface area contributed by atoms with Gasteiger partial charge in [0, 0.05) is 10.5 Å². The van der Waals surface area contributed by atoms with E-state index >= 15 is 0 Å². The topological polar surface area (TPSA) is 17.1 Å². The van der Waals surface area contributed by atoms with Crippen molar-refractivity contribution < 1.29 is 9.18 Å². The van der Waals surface area contributed by atoms with Gasteiger partial charge in [-0.05, 0) is 42.8 Å². The Morgan fingerprint density at radius 2 is 1.89 bits per heavy atom. The van der Waals surface area contributed by atoms with Crippen LogP contribution in [-0.4, -0.2) is 11.5 Å². The Hall–Kier alpha value is -1.61. The molecular formula is C15H13FOS. The van der Waals surface area contributed by atoms with E-state index in [9.17, 15) is 9.18 Å². The van der Waals surface area contributed by atoms with E-state index in [0.29, 0.717) is 16.9 Å². The molecule has 0 saturated carbocycles. The number of carbonyl (C=O) groups is 1. The lowest BCUT2D eigenvalue weighted by Gasteiger charge is -2.05. The quantitative estimate of drug-likeness (QED) is 0.608. The number of ketones is 1. The highest BCUT2D eigenvalue weighted by atomic mass is 32.2. The SMILES string of the molecule is Cc1cc(F)ccc1C(=O)CSc1ccccc1. The van der Waals surface area contributed by atoms with Crippen LogP contribution < -0.4 is 0 Å². The number of hydrogen-bond donors (Lipinski definition) is 0. The molecule has 0 saturated heterocycles. The first-order valence-electron chi connectivity index (χ1n) is 5.64. The molecule has 0 fully saturated rings. The third-order valence-electron chi connectivity index (χ3n) is 2.60. The Morgan fingerprint density at radius 1 is 1.17 bits per heavy atom.